The number of benzene rings is 3. The van der Waals surface area contributed by atoms with Crippen LogP contribution in [0.3, 0.4) is 0 Å². The number of hydrogen-bond donors (Lipinski definition) is 3. The van der Waals surface area contributed by atoms with Crippen molar-refractivity contribution in [3.63, 3.8) is 0 Å². The number of likely N-dealkylation sites (tertiary alicyclic amines) is 1. The number of piperidine rings is 1. The molecular formula is C35H42F3N5O5. The number of carbonyl (C=O) groups excluding carboxylic acids is 4. The Morgan fingerprint density at radius 3 is 2.19 bits per heavy atom. The van der Waals surface area contributed by atoms with E-state index in [1.165, 1.54) is 0 Å². The molecule has 0 bridgehead atoms. The number of hydrogen-bond acceptors (Lipinski definition) is 5. The molecule has 0 saturated carbocycles. The summed E-state index contributed by atoms with van der Waals surface area (Å²) >= 11 is 0. The molecule has 2 saturated heterocycles. The van der Waals surface area contributed by atoms with Crippen molar-refractivity contribution >= 4 is 34.6 Å². The first-order chi connectivity index (χ1) is 22.9. The number of alkyl halides is 3. The normalized spacial score (nSPS) is 18.7. The Labute approximate surface area is 277 Å². The molecule has 10 nitrogen and oxygen atoms in total. The van der Waals surface area contributed by atoms with Gasteiger partial charge in [0.1, 0.15) is 12.0 Å². The molecule has 3 aromatic carbocycles. The van der Waals surface area contributed by atoms with Gasteiger partial charge in [0.25, 0.3) is 0 Å². The number of nitrogens with one attached hydrogen (secondary N) is 2. The number of carboxylic acids is 1. The Morgan fingerprint density at radius 2 is 1.54 bits per heavy atom. The van der Waals surface area contributed by atoms with Gasteiger partial charge in [0.15, 0.2) is 0 Å². The molecule has 0 aromatic heterocycles. The van der Waals surface area contributed by atoms with Crippen LogP contribution in [0.15, 0.2) is 72.8 Å². The van der Waals surface area contributed by atoms with Gasteiger partial charge in [0.05, 0.1) is 31.6 Å². The van der Waals surface area contributed by atoms with E-state index in [0.717, 1.165) is 41.4 Å². The number of nitrogens with two attached hydrogens (primary N) is 1. The number of rotatable bonds is 8. The zero-order valence-electron chi connectivity index (χ0n) is 26.9. The number of amides is 4. The number of piperazine rings is 1. The number of quaternary nitrogens is 1. The lowest BCUT2D eigenvalue weighted by molar-refractivity contribution is -0.661. The van der Waals surface area contributed by atoms with Crippen LogP contribution in [-0.2, 0) is 27.2 Å². The van der Waals surface area contributed by atoms with Crippen molar-refractivity contribution in [1.29, 1.82) is 0 Å². The molecule has 2 atom stereocenters. The van der Waals surface area contributed by atoms with Crippen LogP contribution in [0.2, 0.25) is 0 Å². The summed E-state index contributed by atoms with van der Waals surface area (Å²) in [5, 5.41) is 19.4. The van der Waals surface area contributed by atoms with Crippen molar-refractivity contribution < 1.29 is 42.8 Å². The smallest absolute Gasteiger partial charge is 0.430 e. The molecule has 0 aliphatic carbocycles. The number of aliphatic carboxylic acids is 1. The number of urea groups is 1. The summed E-state index contributed by atoms with van der Waals surface area (Å²) in [6.07, 6.45) is -2.80. The largest absolute Gasteiger partial charge is 0.542 e. The lowest BCUT2D eigenvalue weighted by Crippen LogP contribution is -2.90. The molecule has 0 spiro atoms. The van der Waals surface area contributed by atoms with Crippen molar-refractivity contribution in [1.82, 2.24) is 20.4 Å². The Balaban J connectivity index is 0.000000671. The van der Waals surface area contributed by atoms with E-state index < -0.39 is 23.6 Å². The molecule has 0 unspecified atom stereocenters. The van der Waals surface area contributed by atoms with E-state index in [-0.39, 0.29) is 17.8 Å². The van der Waals surface area contributed by atoms with Crippen molar-refractivity contribution in [3.05, 3.63) is 83.9 Å². The summed E-state index contributed by atoms with van der Waals surface area (Å²) in [6, 6.07) is 23.5. The van der Waals surface area contributed by atoms with E-state index in [9.17, 15) is 27.6 Å². The average Bonchev–Trinajstić information content (AvgIpc) is 3.08. The number of carboxylic acid groups (broad SMARTS) is 1. The Morgan fingerprint density at radius 1 is 0.896 bits per heavy atom. The minimum absolute atomic E-state index is 0.0129. The number of halogens is 3. The van der Waals surface area contributed by atoms with Gasteiger partial charge in [-0.15, -0.1) is 0 Å². The zero-order chi connectivity index (χ0) is 34.7. The van der Waals surface area contributed by atoms with E-state index in [1.54, 1.807) is 4.90 Å². The van der Waals surface area contributed by atoms with E-state index in [2.05, 4.69) is 40.2 Å². The van der Waals surface area contributed by atoms with Crippen LogP contribution in [0, 0.1) is 5.41 Å². The predicted molar refractivity (Wildman–Crippen MR) is 171 cm³/mol. The van der Waals surface area contributed by atoms with Crippen molar-refractivity contribution in [2.75, 3.05) is 45.8 Å². The van der Waals surface area contributed by atoms with Crippen LogP contribution < -0.4 is 21.1 Å². The van der Waals surface area contributed by atoms with Gasteiger partial charge in [-0.2, -0.15) is 13.2 Å². The molecule has 0 radical (unpaired) electrons. The van der Waals surface area contributed by atoms with E-state index in [1.807, 2.05) is 60.4 Å². The summed E-state index contributed by atoms with van der Waals surface area (Å²) in [5.41, 5.74) is 1.35. The summed E-state index contributed by atoms with van der Waals surface area (Å²) < 4.78 is 31.5. The first-order valence-corrected chi connectivity index (χ1v) is 16.2. The molecule has 4 N–H and O–H groups in total. The first kappa shape index (κ1) is 36.2. The van der Waals surface area contributed by atoms with Gasteiger partial charge in [-0.1, -0.05) is 72.8 Å². The highest BCUT2D eigenvalue weighted by molar-refractivity contribution is 5.90. The van der Waals surface area contributed by atoms with Gasteiger partial charge in [0.2, 0.25) is 11.8 Å². The lowest BCUT2D eigenvalue weighted by atomic mass is 9.74. The van der Waals surface area contributed by atoms with Gasteiger partial charge >= 0.3 is 12.2 Å². The van der Waals surface area contributed by atoms with Crippen LogP contribution in [0.1, 0.15) is 30.9 Å². The third-order valence-corrected chi connectivity index (χ3v) is 8.67. The lowest BCUT2D eigenvalue weighted by Gasteiger charge is -2.43. The number of carbonyl (C=O) groups is 4. The predicted octanol–water partition coefficient (Wildman–Crippen LogP) is 1.63. The fourth-order valence-corrected chi connectivity index (χ4v) is 6.28. The summed E-state index contributed by atoms with van der Waals surface area (Å²) in [6.45, 7) is 6.39. The van der Waals surface area contributed by atoms with Gasteiger partial charge in [-0.05, 0) is 48.1 Å². The van der Waals surface area contributed by atoms with Crippen LogP contribution in [-0.4, -0.2) is 91.6 Å². The molecule has 258 valence electrons. The maximum Gasteiger partial charge on any atom is 0.430 e. The number of nitrogens with zero attached hydrogens (tertiary/aromatic N) is 2. The maximum absolute atomic E-state index is 14.3. The Kier molecular flexibility index (Phi) is 12.4. The van der Waals surface area contributed by atoms with Crippen LogP contribution in [0.4, 0.5) is 18.0 Å². The summed E-state index contributed by atoms with van der Waals surface area (Å²) in [4.78, 5) is 53.5. The van der Waals surface area contributed by atoms with Gasteiger partial charge in [-0.25, -0.2) is 4.79 Å². The van der Waals surface area contributed by atoms with Crippen LogP contribution >= 0.6 is 0 Å². The molecule has 2 fully saturated rings. The molecule has 13 heteroatoms. The molecule has 5 rings (SSSR count). The van der Waals surface area contributed by atoms with Gasteiger partial charge < -0.3 is 35.7 Å². The second kappa shape index (κ2) is 16.4. The highest BCUT2D eigenvalue weighted by Gasteiger charge is 2.44. The first-order valence-electron chi connectivity index (χ1n) is 16.2. The van der Waals surface area contributed by atoms with E-state index in [0.29, 0.717) is 52.0 Å². The van der Waals surface area contributed by atoms with E-state index in [4.69, 9.17) is 9.90 Å². The third kappa shape index (κ3) is 9.69. The summed E-state index contributed by atoms with van der Waals surface area (Å²) in [5.74, 6) is -3.15. The van der Waals surface area contributed by atoms with Crippen LogP contribution in [0.25, 0.3) is 10.8 Å². The SMILES string of the molecule is CCNC(=O)[C@]1(Cc2ccccc2)CCCN(C(=O)[C@@H](Cc2ccc3ccccc3c2)NC(=O)N2CC[NH2+]CC2)C1.O=C([O-])C(F)(F)F. The molecule has 2 aliphatic rings. The van der Waals surface area contributed by atoms with Crippen molar-refractivity contribution in [2.24, 2.45) is 5.41 Å². The summed E-state index contributed by atoms with van der Waals surface area (Å²) in [7, 11) is 0. The minimum Gasteiger partial charge on any atom is -0.542 e. The highest BCUT2D eigenvalue weighted by Crippen LogP contribution is 2.35. The van der Waals surface area contributed by atoms with Crippen LogP contribution in [0.5, 0.6) is 0 Å². The third-order valence-electron chi connectivity index (χ3n) is 8.67. The van der Waals surface area contributed by atoms with Crippen molar-refractivity contribution in [2.45, 2.75) is 44.8 Å². The fourth-order valence-electron chi connectivity index (χ4n) is 6.28. The van der Waals surface area contributed by atoms with Gasteiger partial charge in [0, 0.05) is 26.1 Å². The Bertz CT molecular complexity index is 1560. The molecule has 2 heterocycles. The van der Waals surface area contributed by atoms with Gasteiger partial charge in [-0.3, -0.25) is 9.59 Å². The molecule has 4 amide bonds. The maximum atomic E-state index is 14.3. The Hall–Kier alpha value is -4.65. The molecule has 2 aliphatic heterocycles. The fraction of sp³-hybridized carbons (Fsp3) is 0.429. The standard InChI is InChI=1S/C33H41N5O3.C2HF3O2/c1-2-35-31(40)33(23-25-9-4-3-5-10-25)15-8-18-38(24-33)30(39)29(36-32(41)37-19-16-34-17-20-37)22-26-13-14-27-11-6-7-12-28(27)21-26;3-2(4,5)1(6)7/h3-7,9-14,21,29,34H,2,8,15-20,22-24H2,1H3,(H,35,40)(H,36,41);(H,6,7)/t29-,33+;/m1./s1. The second-order valence-corrected chi connectivity index (χ2v) is 12.2. The minimum atomic E-state index is -5.19. The topological polar surface area (TPSA) is 138 Å². The highest BCUT2D eigenvalue weighted by atomic mass is 19.4. The molecular weight excluding hydrogens is 627 g/mol. The number of fused-ring (bicyclic) bond motifs is 1. The monoisotopic (exact) mass is 669 g/mol. The van der Waals surface area contributed by atoms with E-state index >= 15 is 0 Å². The molecule has 48 heavy (non-hydrogen) atoms. The second-order valence-electron chi connectivity index (χ2n) is 12.2. The van der Waals surface area contributed by atoms with Crippen molar-refractivity contribution in [3.8, 4) is 0 Å². The molecule has 3 aromatic rings. The zero-order valence-corrected chi connectivity index (χ0v) is 26.9. The average molecular weight is 670 g/mol. The quantitative estimate of drug-likeness (QED) is 0.335.